The van der Waals surface area contributed by atoms with Crippen molar-refractivity contribution in [3.8, 4) is 5.75 Å². The van der Waals surface area contributed by atoms with Gasteiger partial charge in [0.05, 0.1) is 4.90 Å². The molecule has 1 aromatic carbocycles. The SMILES string of the molecule is CS(=O)(=O)c1cccc(OCCN2CCC[C@H](c3ccn[nH]3)C2)c1. The van der Waals surface area contributed by atoms with E-state index in [-0.39, 0.29) is 4.90 Å². The first-order chi connectivity index (χ1) is 11.5. The van der Waals surface area contributed by atoms with Gasteiger partial charge in [0.1, 0.15) is 12.4 Å². The Hall–Kier alpha value is -1.86. The molecule has 1 N–H and O–H groups in total. The summed E-state index contributed by atoms with van der Waals surface area (Å²) in [5, 5.41) is 7.10. The molecule has 1 aliphatic rings. The van der Waals surface area contributed by atoms with E-state index in [1.165, 1.54) is 18.4 Å². The lowest BCUT2D eigenvalue weighted by molar-refractivity contribution is 0.169. The molecule has 0 bridgehead atoms. The van der Waals surface area contributed by atoms with Crippen LogP contribution in [0.5, 0.6) is 5.75 Å². The minimum Gasteiger partial charge on any atom is -0.492 e. The second-order valence-corrected chi connectivity index (χ2v) is 8.26. The number of H-pyrrole nitrogens is 1. The Balaban J connectivity index is 1.51. The number of hydrogen-bond acceptors (Lipinski definition) is 5. The highest BCUT2D eigenvalue weighted by Crippen LogP contribution is 2.25. The van der Waals surface area contributed by atoms with Crippen LogP contribution in [-0.2, 0) is 9.84 Å². The van der Waals surface area contributed by atoms with Crippen LogP contribution in [0.15, 0.2) is 41.4 Å². The van der Waals surface area contributed by atoms with Gasteiger partial charge in [0, 0.05) is 37.2 Å². The number of likely N-dealkylation sites (tertiary alicyclic amines) is 1. The van der Waals surface area contributed by atoms with Gasteiger partial charge in [-0.3, -0.25) is 10.00 Å². The Morgan fingerprint density at radius 2 is 2.25 bits per heavy atom. The van der Waals surface area contributed by atoms with E-state index >= 15 is 0 Å². The number of aromatic nitrogens is 2. The van der Waals surface area contributed by atoms with E-state index in [0.717, 1.165) is 26.1 Å². The van der Waals surface area contributed by atoms with E-state index in [9.17, 15) is 8.42 Å². The van der Waals surface area contributed by atoms with Crippen molar-refractivity contribution in [2.75, 3.05) is 32.5 Å². The largest absolute Gasteiger partial charge is 0.492 e. The van der Waals surface area contributed by atoms with Crippen LogP contribution >= 0.6 is 0 Å². The summed E-state index contributed by atoms with van der Waals surface area (Å²) in [6, 6.07) is 8.71. The zero-order valence-corrected chi connectivity index (χ0v) is 14.6. The number of benzene rings is 1. The first-order valence-electron chi connectivity index (χ1n) is 8.17. The summed E-state index contributed by atoms with van der Waals surface area (Å²) in [6.07, 6.45) is 5.34. The fourth-order valence-electron chi connectivity index (χ4n) is 3.09. The van der Waals surface area contributed by atoms with E-state index in [0.29, 0.717) is 18.3 Å². The van der Waals surface area contributed by atoms with Crippen LogP contribution < -0.4 is 4.74 Å². The third-order valence-electron chi connectivity index (χ3n) is 4.38. The van der Waals surface area contributed by atoms with Crippen molar-refractivity contribution in [2.24, 2.45) is 0 Å². The first-order valence-corrected chi connectivity index (χ1v) is 10.1. The molecule has 0 radical (unpaired) electrons. The molecule has 1 aliphatic heterocycles. The Morgan fingerprint density at radius 1 is 1.38 bits per heavy atom. The number of hydrogen-bond donors (Lipinski definition) is 1. The van der Waals surface area contributed by atoms with Crippen molar-refractivity contribution in [1.29, 1.82) is 0 Å². The van der Waals surface area contributed by atoms with Crippen molar-refractivity contribution in [3.05, 3.63) is 42.2 Å². The monoisotopic (exact) mass is 349 g/mol. The second-order valence-electron chi connectivity index (χ2n) is 6.25. The van der Waals surface area contributed by atoms with Crippen molar-refractivity contribution < 1.29 is 13.2 Å². The molecule has 1 atom stereocenters. The summed E-state index contributed by atoms with van der Waals surface area (Å²) >= 11 is 0. The highest BCUT2D eigenvalue weighted by atomic mass is 32.2. The van der Waals surface area contributed by atoms with Gasteiger partial charge in [0.25, 0.3) is 0 Å². The fraction of sp³-hybridized carbons (Fsp3) is 0.471. The normalized spacial score (nSPS) is 19.3. The number of sulfone groups is 1. The number of piperidine rings is 1. The zero-order valence-electron chi connectivity index (χ0n) is 13.8. The van der Waals surface area contributed by atoms with Gasteiger partial charge in [-0.05, 0) is 43.7 Å². The van der Waals surface area contributed by atoms with Gasteiger partial charge in [-0.15, -0.1) is 0 Å². The number of rotatable bonds is 6. The minimum absolute atomic E-state index is 0.289. The van der Waals surface area contributed by atoms with E-state index < -0.39 is 9.84 Å². The van der Waals surface area contributed by atoms with Crippen LogP contribution in [0.4, 0.5) is 0 Å². The van der Waals surface area contributed by atoms with Crippen LogP contribution in [0, 0.1) is 0 Å². The molecule has 2 heterocycles. The van der Waals surface area contributed by atoms with E-state index in [2.05, 4.69) is 15.1 Å². The molecule has 0 unspecified atom stereocenters. The minimum atomic E-state index is -3.20. The average molecular weight is 349 g/mol. The molecule has 1 saturated heterocycles. The third-order valence-corrected chi connectivity index (χ3v) is 5.49. The van der Waals surface area contributed by atoms with Gasteiger partial charge in [-0.25, -0.2) is 8.42 Å². The molecule has 0 spiro atoms. The number of nitrogens with one attached hydrogen (secondary N) is 1. The lowest BCUT2D eigenvalue weighted by Gasteiger charge is -2.32. The van der Waals surface area contributed by atoms with E-state index in [1.807, 2.05) is 6.07 Å². The van der Waals surface area contributed by atoms with Crippen molar-refractivity contribution in [3.63, 3.8) is 0 Å². The summed E-state index contributed by atoms with van der Waals surface area (Å²) in [7, 11) is -3.20. The number of ether oxygens (including phenoxy) is 1. The summed E-state index contributed by atoms with van der Waals surface area (Å²) in [6.45, 7) is 3.43. The highest BCUT2D eigenvalue weighted by molar-refractivity contribution is 7.90. The predicted molar refractivity (Wildman–Crippen MR) is 92.0 cm³/mol. The van der Waals surface area contributed by atoms with E-state index in [4.69, 9.17) is 4.74 Å². The predicted octanol–water partition coefficient (Wildman–Crippen LogP) is 2.07. The number of aromatic amines is 1. The molecule has 24 heavy (non-hydrogen) atoms. The summed E-state index contributed by atoms with van der Waals surface area (Å²) < 4.78 is 28.9. The van der Waals surface area contributed by atoms with Crippen LogP contribution in [-0.4, -0.2) is 56.0 Å². The molecule has 130 valence electrons. The summed E-state index contributed by atoms with van der Waals surface area (Å²) in [5.41, 5.74) is 1.20. The van der Waals surface area contributed by atoms with Gasteiger partial charge >= 0.3 is 0 Å². The maximum Gasteiger partial charge on any atom is 0.175 e. The van der Waals surface area contributed by atoms with Crippen LogP contribution in [0.3, 0.4) is 0 Å². The standard InChI is InChI=1S/C17H23N3O3S/c1-24(21,22)16-6-2-5-15(12-16)23-11-10-20-9-3-4-14(13-20)17-7-8-18-19-17/h2,5-8,12,14H,3-4,9-11,13H2,1H3,(H,18,19)/t14-/m0/s1. The second kappa shape index (κ2) is 7.36. The average Bonchev–Trinajstić information content (AvgIpc) is 3.09. The summed E-state index contributed by atoms with van der Waals surface area (Å²) in [4.78, 5) is 2.67. The smallest absolute Gasteiger partial charge is 0.175 e. The van der Waals surface area contributed by atoms with Crippen molar-refractivity contribution in [2.45, 2.75) is 23.7 Å². The third kappa shape index (κ3) is 4.36. The Kier molecular flexibility index (Phi) is 5.20. The molecule has 1 aromatic heterocycles. The Morgan fingerprint density at radius 3 is 3.00 bits per heavy atom. The Bertz CT molecular complexity index is 759. The topological polar surface area (TPSA) is 75.3 Å². The molecule has 3 rings (SSSR count). The molecular weight excluding hydrogens is 326 g/mol. The van der Waals surface area contributed by atoms with Gasteiger partial charge in [-0.2, -0.15) is 5.10 Å². The fourth-order valence-corrected chi connectivity index (χ4v) is 3.75. The molecule has 7 heteroatoms. The number of nitrogens with zero attached hydrogens (tertiary/aromatic N) is 2. The van der Waals surface area contributed by atoms with Gasteiger partial charge < -0.3 is 4.74 Å². The van der Waals surface area contributed by atoms with Crippen LogP contribution in [0.2, 0.25) is 0 Å². The van der Waals surface area contributed by atoms with Gasteiger partial charge in [0.2, 0.25) is 0 Å². The molecule has 2 aromatic rings. The van der Waals surface area contributed by atoms with E-state index in [1.54, 1.807) is 30.5 Å². The molecule has 0 saturated carbocycles. The molecule has 0 aliphatic carbocycles. The molecule has 1 fully saturated rings. The van der Waals surface area contributed by atoms with Crippen molar-refractivity contribution >= 4 is 9.84 Å². The highest BCUT2D eigenvalue weighted by Gasteiger charge is 2.22. The zero-order chi connectivity index (χ0) is 17.0. The Labute approximate surface area is 142 Å². The first kappa shape index (κ1) is 17.0. The van der Waals surface area contributed by atoms with Gasteiger partial charge in [0.15, 0.2) is 9.84 Å². The molecule has 6 nitrogen and oxygen atoms in total. The van der Waals surface area contributed by atoms with Crippen LogP contribution in [0.1, 0.15) is 24.5 Å². The molecule has 0 amide bonds. The van der Waals surface area contributed by atoms with Crippen molar-refractivity contribution in [1.82, 2.24) is 15.1 Å². The maximum atomic E-state index is 11.6. The quantitative estimate of drug-likeness (QED) is 0.864. The maximum absolute atomic E-state index is 11.6. The van der Waals surface area contributed by atoms with Crippen LogP contribution in [0.25, 0.3) is 0 Å². The molecular formula is C17H23N3O3S. The summed E-state index contributed by atoms with van der Waals surface area (Å²) in [5.74, 6) is 1.09. The lowest BCUT2D eigenvalue weighted by Crippen LogP contribution is -2.37. The van der Waals surface area contributed by atoms with Gasteiger partial charge in [-0.1, -0.05) is 6.07 Å². The lowest BCUT2D eigenvalue weighted by atomic mass is 9.95.